The average Bonchev–Trinajstić information content (AvgIpc) is 3.06. The molecular weight excluding hydrogens is 270 g/mol. The number of furan rings is 1. The van der Waals surface area contributed by atoms with Crippen molar-refractivity contribution in [2.45, 2.75) is 12.5 Å². The highest BCUT2D eigenvalue weighted by Gasteiger charge is 2.35. The van der Waals surface area contributed by atoms with E-state index < -0.39 is 0 Å². The summed E-state index contributed by atoms with van der Waals surface area (Å²) in [5.74, 6) is 0.0691. The van der Waals surface area contributed by atoms with Crippen molar-refractivity contribution in [3.8, 4) is 0 Å². The summed E-state index contributed by atoms with van der Waals surface area (Å²) in [6, 6.07) is 12.0. The average molecular weight is 283 g/mol. The zero-order chi connectivity index (χ0) is 13.5. The third-order valence-electron chi connectivity index (χ3n) is 3.86. The van der Waals surface area contributed by atoms with Gasteiger partial charge >= 0.3 is 0 Å². The third-order valence-corrected chi connectivity index (χ3v) is 4.84. The van der Waals surface area contributed by atoms with Crippen LogP contribution in [0.3, 0.4) is 0 Å². The smallest absolute Gasteiger partial charge is 0.258 e. The van der Waals surface area contributed by atoms with E-state index in [0.717, 1.165) is 23.9 Å². The molecule has 0 radical (unpaired) electrons. The molecule has 3 aromatic rings. The quantitative estimate of drug-likeness (QED) is 0.710. The van der Waals surface area contributed by atoms with Crippen molar-refractivity contribution in [2.75, 3.05) is 6.54 Å². The normalized spacial score (nSPS) is 18.2. The molecular formula is C16H13NO2S. The minimum Gasteiger partial charge on any atom is -0.463 e. The van der Waals surface area contributed by atoms with E-state index in [2.05, 4.69) is 11.4 Å². The molecule has 3 nitrogen and oxygen atoms in total. The van der Waals surface area contributed by atoms with E-state index in [4.69, 9.17) is 4.42 Å². The van der Waals surface area contributed by atoms with Crippen LogP contribution in [0.2, 0.25) is 0 Å². The molecule has 0 spiro atoms. The van der Waals surface area contributed by atoms with E-state index in [-0.39, 0.29) is 11.9 Å². The Morgan fingerprint density at radius 2 is 2.15 bits per heavy atom. The summed E-state index contributed by atoms with van der Waals surface area (Å²) in [6.45, 7) is 0.820. The number of hydrogen-bond donors (Lipinski definition) is 0. The van der Waals surface area contributed by atoms with Crippen LogP contribution >= 0.6 is 11.3 Å². The van der Waals surface area contributed by atoms with Crippen LogP contribution < -0.4 is 0 Å². The van der Waals surface area contributed by atoms with Gasteiger partial charge in [-0.1, -0.05) is 24.3 Å². The minimum absolute atomic E-state index is 0.0691. The number of hydrogen-bond acceptors (Lipinski definition) is 3. The number of likely N-dealkylation sites (tertiary alicyclic amines) is 1. The second-order valence-corrected chi connectivity index (χ2v) is 5.94. The topological polar surface area (TPSA) is 33.5 Å². The summed E-state index contributed by atoms with van der Waals surface area (Å²) in [7, 11) is 0. The Bertz CT molecular complexity index is 760. The van der Waals surface area contributed by atoms with Gasteiger partial charge in [0.2, 0.25) is 0 Å². The maximum absolute atomic E-state index is 12.7. The zero-order valence-electron chi connectivity index (χ0n) is 10.8. The summed E-state index contributed by atoms with van der Waals surface area (Å²) in [5.41, 5.74) is 1.44. The Hall–Kier alpha value is -2.07. The first-order valence-corrected chi connectivity index (χ1v) is 7.53. The van der Waals surface area contributed by atoms with Gasteiger partial charge in [-0.3, -0.25) is 4.79 Å². The van der Waals surface area contributed by atoms with Gasteiger partial charge in [-0.05, 0) is 23.9 Å². The molecule has 2 aromatic heterocycles. The van der Waals surface area contributed by atoms with Crippen molar-refractivity contribution in [1.29, 1.82) is 0 Å². The molecule has 1 saturated heterocycles. The molecule has 0 N–H and O–H groups in total. The Kier molecular flexibility index (Phi) is 2.63. The fourth-order valence-corrected chi connectivity index (χ4v) is 3.58. The summed E-state index contributed by atoms with van der Waals surface area (Å²) >= 11 is 1.71. The monoisotopic (exact) mass is 283 g/mol. The lowest BCUT2D eigenvalue weighted by Gasteiger charge is -2.40. The molecule has 1 aromatic carbocycles. The molecule has 3 heterocycles. The van der Waals surface area contributed by atoms with Crippen molar-refractivity contribution in [3.05, 3.63) is 58.5 Å². The molecule has 1 aliphatic rings. The van der Waals surface area contributed by atoms with Gasteiger partial charge in [0.1, 0.15) is 11.8 Å². The number of rotatable bonds is 2. The van der Waals surface area contributed by atoms with Crippen LogP contribution in [0.5, 0.6) is 0 Å². The Morgan fingerprint density at radius 1 is 1.25 bits per heavy atom. The molecule has 1 fully saturated rings. The van der Waals surface area contributed by atoms with Crippen LogP contribution in [-0.4, -0.2) is 17.4 Å². The molecule has 0 aliphatic carbocycles. The van der Waals surface area contributed by atoms with Crippen LogP contribution in [0.1, 0.15) is 27.7 Å². The maximum atomic E-state index is 12.7. The van der Waals surface area contributed by atoms with Crippen molar-refractivity contribution >= 4 is 28.2 Å². The summed E-state index contributed by atoms with van der Waals surface area (Å²) < 4.78 is 5.47. The second kappa shape index (κ2) is 4.49. The van der Waals surface area contributed by atoms with E-state index in [1.54, 1.807) is 17.6 Å². The van der Waals surface area contributed by atoms with Gasteiger partial charge in [0.15, 0.2) is 0 Å². The molecule has 1 amide bonds. The van der Waals surface area contributed by atoms with Crippen molar-refractivity contribution in [2.24, 2.45) is 0 Å². The number of amides is 1. The SMILES string of the molecule is O=C(c1coc2ccccc12)N1CC[C@H]1c1cccs1. The van der Waals surface area contributed by atoms with Crippen LogP contribution in [0.25, 0.3) is 11.0 Å². The Morgan fingerprint density at radius 3 is 2.90 bits per heavy atom. The van der Waals surface area contributed by atoms with E-state index in [1.807, 2.05) is 35.2 Å². The molecule has 4 heteroatoms. The Balaban J connectivity index is 1.67. The highest BCUT2D eigenvalue weighted by atomic mass is 32.1. The zero-order valence-corrected chi connectivity index (χ0v) is 11.6. The number of carbonyl (C=O) groups excluding carboxylic acids is 1. The molecule has 100 valence electrons. The molecule has 0 saturated carbocycles. The molecule has 1 aliphatic heterocycles. The fourth-order valence-electron chi connectivity index (χ4n) is 2.71. The lowest BCUT2D eigenvalue weighted by molar-refractivity contribution is 0.0469. The van der Waals surface area contributed by atoms with Gasteiger partial charge < -0.3 is 9.32 Å². The first-order valence-electron chi connectivity index (χ1n) is 6.65. The van der Waals surface area contributed by atoms with Crippen LogP contribution in [-0.2, 0) is 0 Å². The molecule has 20 heavy (non-hydrogen) atoms. The largest absolute Gasteiger partial charge is 0.463 e. The predicted molar refractivity (Wildman–Crippen MR) is 78.9 cm³/mol. The summed E-state index contributed by atoms with van der Waals surface area (Å²) in [4.78, 5) is 15.9. The van der Waals surface area contributed by atoms with Gasteiger partial charge in [-0.2, -0.15) is 0 Å². The van der Waals surface area contributed by atoms with E-state index >= 15 is 0 Å². The van der Waals surface area contributed by atoms with Gasteiger partial charge in [-0.15, -0.1) is 11.3 Å². The standard InChI is InChI=1S/C16H13NO2S/c18-16(12-10-19-14-5-2-1-4-11(12)14)17-8-7-13(17)15-6-3-9-20-15/h1-6,9-10,13H,7-8H2/t13-/m0/s1. The number of carbonyl (C=O) groups is 1. The van der Waals surface area contributed by atoms with Crippen molar-refractivity contribution < 1.29 is 9.21 Å². The summed E-state index contributed by atoms with van der Waals surface area (Å²) in [6.07, 6.45) is 2.62. The number of benzene rings is 1. The van der Waals surface area contributed by atoms with Gasteiger partial charge in [0, 0.05) is 16.8 Å². The van der Waals surface area contributed by atoms with E-state index in [0.29, 0.717) is 5.56 Å². The fraction of sp³-hybridized carbons (Fsp3) is 0.188. The number of fused-ring (bicyclic) bond motifs is 1. The highest BCUT2D eigenvalue weighted by Crippen LogP contribution is 2.37. The first-order chi connectivity index (χ1) is 9.84. The van der Waals surface area contributed by atoms with E-state index in [1.165, 1.54) is 4.88 Å². The van der Waals surface area contributed by atoms with E-state index in [9.17, 15) is 4.79 Å². The second-order valence-electron chi connectivity index (χ2n) is 4.96. The van der Waals surface area contributed by atoms with Crippen LogP contribution in [0, 0.1) is 0 Å². The molecule has 0 unspecified atom stereocenters. The summed E-state index contributed by atoms with van der Waals surface area (Å²) in [5, 5.41) is 2.96. The number of para-hydroxylation sites is 1. The maximum Gasteiger partial charge on any atom is 0.258 e. The van der Waals surface area contributed by atoms with Gasteiger partial charge in [0.25, 0.3) is 5.91 Å². The highest BCUT2D eigenvalue weighted by molar-refractivity contribution is 7.10. The number of nitrogens with zero attached hydrogens (tertiary/aromatic N) is 1. The van der Waals surface area contributed by atoms with Gasteiger partial charge in [-0.25, -0.2) is 0 Å². The molecule has 1 atom stereocenters. The number of thiophene rings is 1. The first kappa shape index (κ1) is 11.7. The molecule has 0 bridgehead atoms. The third kappa shape index (κ3) is 1.68. The van der Waals surface area contributed by atoms with Crippen LogP contribution in [0.15, 0.2) is 52.5 Å². The van der Waals surface area contributed by atoms with Crippen molar-refractivity contribution in [1.82, 2.24) is 4.90 Å². The Labute approximate surface area is 120 Å². The predicted octanol–water partition coefficient (Wildman–Crippen LogP) is 4.08. The van der Waals surface area contributed by atoms with Gasteiger partial charge in [0.05, 0.1) is 11.6 Å². The lowest BCUT2D eigenvalue weighted by Crippen LogP contribution is -2.44. The minimum atomic E-state index is 0.0691. The van der Waals surface area contributed by atoms with Crippen LogP contribution in [0.4, 0.5) is 0 Å². The van der Waals surface area contributed by atoms with Crippen molar-refractivity contribution in [3.63, 3.8) is 0 Å². The lowest BCUT2D eigenvalue weighted by atomic mass is 9.99. The molecule has 4 rings (SSSR count).